The molecule has 1 heterocycles. The van der Waals surface area contributed by atoms with Crippen molar-refractivity contribution >= 4 is 0 Å². The van der Waals surface area contributed by atoms with Crippen molar-refractivity contribution in [2.75, 3.05) is 26.2 Å². The van der Waals surface area contributed by atoms with Crippen LogP contribution in [0.15, 0.2) is 0 Å². The van der Waals surface area contributed by atoms with Gasteiger partial charge >= 0.3 is 0 Å². The van der Waals surface area contributed by atoms with E-state index < -0.39 is 0 Å². The zero-order valence-electron chi connectivity index (χ0n) is 15.0. The zero-order chi connectivity index (χ0) is 15.3. The first-order chi connectivity index (χ1) is 10.2. The summed E-state index contributed by atoms with van der Waals surface area (Å²) in [5.74, 6) is 0.933. The maximum Gasteiger partial charge on any atom is 0.00387 e. The van der Waals surface area contributed by atoms with Crippen molar-refractivity contribution in [2.45, 2.75) is 91.0 Å². The van der Waals surface area contributed by atoms with E-state index in [1.807, 2.05) is 0 Å². The summed E-state index contributed by atoms with van der Waals surface area (Å²) in [6.45, 7) is 12.1. The summed E-state index contributed by atoms with van der Waals surface area (Å²) in [6, 6.07) is 0.712. The fourth-order valence-corrected chi connectivity index (χ4v) is 3.41. The SMILES string of the molecule is CCCCCCCCCCN(CC1CCNCC1)C(C)C. The first-order valence-corrected chi connectivity index (χ1v) is 9.68. The van der Waals surface area contributed by atoms with Crippen LogP contribution in [0.25, 0.3) is 0 Å². The Kier molecular flexibility index (Phi) is 11.3. The lowest BCUT2D eigenvalue weighted by Gasteiger charge is -2.32. The van der Waals surface area contributed by atoms with Gasteiger partial charge in [0.25, 0.3) is 0 Å². The first kappa shape index (κ1) is 19.0. The number of rotatable bonds is 12. The number of hydrogen-bond acceptors (Lipinski definition) is 2. The van der Waals surface area contributed by atoms with Crippen LogP contribution >= 0.6 is 0 Å². The second-order valence-corrected chi connectivity index (χ2v) is 7.26. The third-order valence-electron chi connectivity index (χ3n) is 4.98. The van der Waals surface area contributed by atoms with E-state index in [1.165, 1.54) is 90.4 Å². The molecule has 0 radical (unpaired) electrons. The minimum Gasteiger partial charge on any atom is -0.317 e. The van der Waals surface area contributed by atoms with Crippen molar-refractivity contribution in [1.82, 2.24) is 10.2 Å². The summed E-state index contributed by atoms with van der Waals surface area (Å²) in [7, 11) is 0. The number of nitrogens with zero attached hydrogens (tertiary/aromatic N) is 1. The van der Waals surface area contributed by atoms with Crippen molar-refractivity contribution in [3.05, 3.63) is 0 Å². The van der Waals surface area contributed by atoms with Crippen LogP contribution < -0.4 is 5.32 Å². The van der Waals surface area contributed by atoms with E-state index in [9.17, 15) is 0 Å². The molecule has 1 saturated heterocycles. The van der Waals surface area contributed by atoms with Gasteiger partial charge in [0, 0.05) is 12.6 Å². The van der Waals surface area contributed by atoms with Crippen LogP contribution in [0.3, 0.4) is 0 Å². The predicted octanol–water partition coefficient (Wildman–Crippen LogP) is 4.84. The molecule has 1 N–H and O–H groups in total. The Balaban J connectivity index is 2.05. The molecule has 0 amide bonds. The van der Waals surface area contributed by atoms with Gasteiger partial charge in [0.1, 0.15) is 0 Å². The maximum absolute atomic E-state index is 3.48. The average molecular weight is 297 g/mol. The van der Waals surface area contributed by atoms with Gasteiger partial charge in [-0.1, -0.05) is 51.9 Å². The molecule has 1 fully saturated rings. The highest BCUT2D eigenvalue weighted by Crippen LogP contribution is 2.16. The van der Waals surface area contributed by atoms with E-state index in [4.69, 9.17) is 0 Å². The molecule has 0 aliphatic carbocycles. The second kappa shape index (κ2) is 12.5. The van der Waals surface area contributed by atoms with Crippen LogP contribution in [-0.4, -0.2) is 37.1 Å². The Hall–Kier alpha value is -0.0800. The van der Waals surface area contributed by atoms with Crippen LogP contribution in [0.5, 0.6) is 0 Å². The van der Waals surface area contributed by atoms with Crippen molar-refractivity contribution in [1.29, 1.82) is 0 Å². The minimum atomic E-state index is 0.712. The van der Waals surface area contributed by atoms with Gasteiger partial charge in [-0.3, -0.25) is 0 Å². The van der Waals surface area contributed by atoms with Gasteiger partial charge < -0.3 is 10.2 Å². The normalized spacial score (nSPS) is 17.0. The minimum absolute atomic E-state index is 0.712. The molecule has 1 aliphatic heterocycles. The molecule has 0 aromatic carbocycles. The van der Waals surface area contributed by atoms with Crippen molar-refractivity contribution < 1.29 is 0 Å². The lowest BCUT2D eigenvalue weighted by Crippen LogP contribution is -2.39. The molecule has 2 heteroatoms. The third kappa shape index (κ3) is 9.52. The number of unbranched alkanes of at least 4 members (excludes halogenated alkanes) is 7. The van der Waals surface area contributed by atoms with E-state index >= 15 is 0 Å². The topological polar surface area (TPSA) is 15.3 Å². The van der Waals surface area contributed by atoms with E-state index in [2.05, 4.69) is 31.0 Å². The Morgan fingerprint density at radius 2 is 1.48 bits per heavy atom. The summed E-state index contributed by atoms with van der Waals surface area (Å²) in [5, 5.41) is 3.48. The Morgan fingerprint density at radius 3 is 2.05 bits per heavy atom. The van der Waals surface area contributed by atoms with Crippen molar-refractivity contribution in [2.24, 2.45) is 5.92 Å². The molecule has 0 aromatic heterocycles. The van der Waals surface area contributed by atoms with Crippen LogP contribution in [0.2, 0.25) is 0 Å². The molecule has 1 rings (SSSR count). The molecule has 21 heavy (non-hydrogen) atoms. The highest BCUT2D eigenvalue weighted by Gasteiger charge is 2.18. The van der Waals surface area contributed by atoms with Gasteiger partial charge in [-0.25, -0.2) is 0 Å². The van der Waals surface area contributed by atoms with Gasteiger partial charge in [-0.05, 0) is 58.7 Å². The standard InChI is InChI=1S/C19H40N2/c1-4-5-6-7-8-9-10-11-16-21(18(2)3)17-19-12-14-20-15-13-19/h18-20H,4-17H2,1-3H3. The van der Waals surface area contributed by atoms with Crippen LogP contribution in [-0.2, 0) is 0 Å². The molecule has 126 valence electrons. The molecule has 0 unspecified atom stereocenters. The molecule has 0 aromatic rings. The van der Waals surface area contributed by atoms with Crippen molar-refractivity contribution in [3.8, 4) is 0 Å². The molecule has 2 nitrogen and oxygen atoms in total. The number of hydrogen-bond donors (Lipinski definition) is 1. The average Bonchev–Trinajstić information content (AvgIpc) is 2.49. The number of nitrogens with one attached hydrogen (secondary N) is 1. The van der Waals surface area contributed by atoms with E-state index in [1.54, 1.807) is 0 Å². The first-order valence-electron chi connectivity index (χ1n) is 9.68. The van der Waals surface area contributed by atoms with E-state index in [0.29, 0.717) is 6.04 Å². The summed E-state index contributed by atoms with van der Waals surface area (Å²) in [5.41, 5.74) is 0. The van der Waals surface area contributed by atoms with Gasteiger partial charge in [-0.2, -0.15) is 0 Å². The maximum atomic E-state index is 3.48. The molecular formula is C19H40N2. The van der Waals surface area contributed by atoms with Crippen LogP contribution in [0, 0.1) is 5.92 Å². The van der Waals surface area contributed by atoms with Crippen LogP contribution in [0.1, 0.15) is 85.0 Å². The second-order valence-electron chi connectivity index (χ2n) is 7.26. The Bertz CT molecular complexity index is 222. The van der Waals surface area contributed by atoms with Gasteiger partial charge in [0.05, 0.1) is 0 Å². The highest BCUT2D eigenvalue weighted by atomic mass is 15.1. The molecular weight excluding hydrogens is 256 g/mol. The lowest BCUT2D eigenvalue weighted by molar-refractivity contribution is 0.166. The molecule has 0 saturated carbocycles. The summed E-state index contributed by atoms with van der Waals surface area (Å²) < 4.78 is 0. The van der Waals surface area contributed by atoms with Crippen molar-refractivity contribution in [3.63, 3.8) is 0 Å². The monoisotopic (exact) mass is 296 g/mol. The van der Waals surface area contributed by atoms with Gasteiger partial charge in [0.2, 0.25) is 0 Å². The fraction of sp³-hybridized carbons (Fsp3) is 1.00. The largest absolute Gasteiger partial charge is 0.317 e. The molecule has 1 aliphatic rings. The quantitative estimate of drug-likeness (QED) is 0.519. The smallest absolute Gasteiger partial charge is 0.00387 e. The summed E-state index contributed by atoms with van der Waals surface area (Å²) in [6.07, 6.45) is 14.2. The predicted molar refractivity (Wildman–Crippen MR) is 94.9 cm³/mol. The zero-order valence-corrected chi connectivity index (χ0v) is 15.0. The Morgan fingerprint density at radius 1 is 0.905 bits per heavy atom. The van der Waals surface area contributed by atoms with Crippen LogP contribution in [0.4, 0.5) is 0 Å². The van der Waals surface area contributed by atoms with Gasteiger partial charge in [0.15, 0.2) is 0 Å². The molecule has 0 spiro atoms. The molecule has 0 bridgehead atoms. The fourth-order valence-electron chi connectivity index (χ4n) is 3.41. The highest BCUT2D eigenvalue weighted by molar-refractivity contribution is 4.74. The number of piperidine rings is 1. The molecule has 0 atom stereocenters. The summed E-state index contributed by atoms with van der Waals surface area (Å²) >= 11 is 0. The summed E-state index contributed by atoms with van der Waals surface area (Å²) in [4.78, 5) is 2.73. The Labute approximate surface area is 134 Å². The van der Waals surface area contributed by atoms with Gasteiger partial charge in [-0.15, -0.1) is 0 Å². The lowest BCUT2D eigenvalue weighted by atomic mass is 9.97. The van der Waals surface area contributed by atoms with E-state index in [0.717, 1.165) is 5.92 Å². The van der Waals surface area contributed by atoms with E-state index in [-0.39, 0.29) is 0 Å². The third-order valence-corrected chi connectivity index (χ3v) is 4.98.